The summed E-state index contributed by atoms with van der Waals surface area (Å²) in [5, 5.41) is 19.8. The van der Waals surface area contributed by atoms with Gasteiger partial charge in [0.05, 0.1) is 33.7 Å². The first-order chi connectivity index (χ1) is 11.5. The first kappa shape index (κ1) is 17.2. The molecule has 0 unspecified atom stereocenters. The highest BCUT2D eigenvalue weighted by Crippen LogP contribution is 2.37. The highest BCUT2D eigenvalue weighted by atomic mass is 35.5. The number of nitro benzene ring substituents is 1. The second-order valence-corrected chi connectivity index (χ2v) is 4.93. The van der Waals surface area contributed by atoms with Crippen LogP contribution in [0.4, 0.5) is 5.69 Å². The van der Waals surface area contributed by atoms with Gasteiger partial charge in [0.1, 0.15) is 0 Å². The first-order valence-corrected chi connectivity index (χ1v) is 7.17. The van der Waals surface area contributed by atoms with Crippen LogP contribution in [0.5, 0.6) is 11.5 Å². The topological polar surface area (TPSA) is 102 Å². The maximum atomic E-state index is 12.2. The van der Waals surface area contributed by atoms with Crippen molar-refractivity contribution in [3.8, 4) is 17.6 Å². The molecule has 0 N–H and O–H groups in total. The molecule has 0 aromatic heterocycles. The van der Waals surface area contributed by atoms with Crippen molar-refractivity contribution in [1.82, 2.24) is 0 Å². The van der Waals surface area contributed by atoms with Crippen molar-refractivity contribution in [1.29, 1.82) is 5.26 Å². The standard InChI is InChI=1S/C16H11ClN2O5/c1-2-23-14-7-10(9-18)6-13(17)15(14)24-16(20)11-4-3-5-12(8-11)19(21)22/h3-8H,2H2,1H3. The van der Waals surface area contributed by atoms with Crippen molar-refractivity contribution in [2.75, 3.05) is 6.61 Å². The van der Waals surface area contributed by atoms with E-state index in [0.29, 0.717) is 0 Å². The van der Waals surface area contributed by atoms with Gasteiger partial charge in [-0.05, 0) is 19.1 Å². The van der Waals surface area contributed by atoms with Crippen molar-refractivity contribution < 1.29 is 19.2 Å². The van der Waals surface area contributed by atoms with Gasteiger partial charge in [-0.3, -0.25) is 10.1 Å². The number of carbonyl (C=O) groups excluding carboxylic acids is 1. The number of nitriles is 1. The molecule has 0 radical (unpaired) electrons. The molecule has 2 aromatic rings. The van der Waals surface area contributed by atoms with Crippen LogP contribution >= 0.6 is 11.6 Å². The van der Waals surface area contributed by atoms with Gasteiger partial charge in [-0.15, -0.1) is 0 Å². The summed E-state index contributed by atoms with van der Waals surface area (Å²) < 4.78 is 10.6. The molecule has 0 amide bonds. The lowest BCUT2D eigenvalue weighted by atomic mass is 10.2. The lowest BCUT2D eigenvalue weighted by Gasteiger charge is -2.12. The molecule has 0 spiro atoms. The number of benzene rings is 2. The Bertz CT molecular complexity index is 845. The van der Waals surface area contributed by atoms with Gasteiger partial charge in [0, 0.05) is 18.2 Å². The predicted octanol–water partition coefficient (Wildman–Crippen LogP) is 3.74. The molecule has 0 atom stereocenters. The van der Waals surface area contributed by atoms with Gasteiger partial charge in [-0.1, -0.05) is 17.7 Å². The summed E-state index contributed by atoms with van der Waals surface area (Å²) >= 11 is 6.05. The van der Waals surface area contributed by atoms with Crippen LogP contribution in [0.25, 0.3) is 0 Å². The van der Waals surface area contributed by atoms with Gasteiger partial charge in [-0.2, -0.15) is 5.26 Å². The maximum Gasteiger partial charge on any atom is 0.343 e. The van der Waals surface area contributed by atoms with Crippen LogP contribution in [0, 0.1) is 21.4 Å². The zero-order valence-corrected chi connectivity index (χ0v) is 13.2. The summed E-state index contributed by atoms with van der Waals surface area (Å²) in [7, 11) is 0. The van der Waals surface area contributed by atoms with E-state index in [9.17, 15) is 14.9 Å². The molecular weight excluding hydrogens is 336 g/mol. The van der Waals surface area contributed by atoms with E-state index in [0.717, 1.165) is 6.07 Å². The Labute approximate surface area is 142 Å². The number of nitro groups is 1. The number of halogens is 1. The van der Waals surface area contributed by atoms with E-state index < -0.39 is 10.9 Å². The minimum Gasteiger partial charge on any atom is -0.490 e. The normalized spacial score (nSPS) is 9.88. The Morgan fingerprint density at radius 2 is 2.12 bits per heavy atom. The monoisotopic (exact) mass is 346 g/mol. The average Bonchev–Trinajstić information content (AvgIpc) is 2.57. The molecule has 122 valence electrons. The third-order valence-corrected chi connectivity index (χ3v) is 3.21. The quantitative estimate of drug-likeness (QED) is 0.353. The van der Waals surface area contributed by atoms with E-state index in [1.54, 1.807) is 6.92 Å². The zero-order valence-electron chi connectivity index (χ0n) is 12.5. The Balaban J connectivity index is 2.37. The van der Waals surface area contributed by atoms with Gasteiger partial charge in [0.15, 0.2) is 11.5 Å². The molecule has 0 heterocycles. The van der Waals surface area contributed by atoms with E-state index in [1.807, 2.05) is 6.07 Å². The molecule has 0 aliphatic carbocycles. The molecule has 0 aliphatic heterocycles. The van der Waals surface area contributed by atoms with Crippen LogP contribution in [-0.2, 0) is 0 Å². The van der Waals surface area contributed by atoms with Gasteiger partial charge >= 0.3 is 5.97 Å². The molecule has 0 saturated carbocycles. The maximum absolute atomic E-state index is 12.2. The third kappa shape index (κ3) is 3.80. The van der Waals surface area contributed by atoms with E-state index in [4.69, 9.17) is 26.3 Å². The average molecular weight is 347 g/mol. The second-order valence-electron chi connectivity index (χ2n) is 4.53. The van der Waals surface area contributed by atoms with Crippen LogP contribution in [0.1, 0.15) is 22.8 Å². The van der Waals surface area contributed by atoms with Crippen LogP contribution in [0.15, 0.2) is 36.4 Å². The summed E-state index contributed by atoms with van der Waals surface area (Å²) in [4.78, 5) is 22.4. The van der Waals surface area contributed by atoms with Gasteiger partial charge in [0.25, 0.3) is 5.69 Å². The summed E-state index contributed by atoms with van der Waals surface area (Å²) in [6.07, 6.45) is 0. The summed E-state index contributed by atoms with van der Waals surface area (Å²) in [5.74, 6) is -0.736. The molecule has 0 saturated heterocycles. The third-order valence-electron chi connectivity index (χ3n) is 2.93. The van der Waals surface area contributed by atoms with Gasteiger partial charge in [-0.25, -0.2) is 4.79 Å². The molecule has 0 fully saturated rings. The van der Waals surface area contributed by atoms with Crippen molar-refractivity contribution in [3.05, 3.63) is 62.7 Å². The lowest BCUT2D eigenvalue weighted by molar-refractivity contribution is -0.384. The van der Waals surface area contributed by atoms with Crippen LogP contribution in [0.2, 0.25) is 5.02 Å². The SMILES string of the molecule is CCOc1cc(C#N)cc(Cl)c1OC(=O)c1cccc([N+](=O)[O-])c1. The lowest BCUT2D eigenvalue weighted by Crippen LogP contribution is -2.10. The van der Waals surface area contributed by atoms with Gasteiger partial charge < -0.3 is 9.47 Å². The highest BCUT2D eigenvalue weighted by Gasteiger charge is 2.19. The molecule has 24 heavy (non-hydrogen) atoms. The highest BCUT2D eigenvalue weighted by molar-refractivity contribution is 6.32. The number of esters is 1. The van der Waals surface area contributed by atoms with E-state index >= 15 is 0 Å². The van der Waals surface area contributed by atoms with Crippen molar-refractivity contribution in [2.24, 2.45) is 0 Å². The number of ether oxygens (including phenoxy) is 2. The fraction of sp³-hybridized carbons (Fsp3) is 0.125. The van der Waals surface area contributed by atoms with E-state index in [1.165, 1.54) is 30.3 Å². The fourth-order valence-electron chi connectivity index (χ4n) is 1.89. The number of hydrogen-bond acceptors (Lipinski definition) is 6. The molecule has 2 aromatic carbocycles. The van der Waals surface area contributed by atoms with Crippen LogP contribution < -0.4 is 9.47 Å². The zero-order chi connectivity index (χ0) is 17.7. The summed E-state index contributed by atoms with van der Waals surface area (Å²) in [6.45, 7) is 1.99. The number of rotatable bonds is 5. The Morgan fingerprint density at radius 1 is 1.38 bits per heavy atom. The Morgan fingerprint density at radius 3 is 2.75 bits per heavy atom. The summed E-state index contributed by atoms with van der Waals surface area (Å²) in [6, 6.07) is 9.76. The number of hydrogen-bond donors (Lipinski definition) is 0. The first-order valence-electron chi connectivity index (χ1n) is 6.79. The molecular formula is C16H11ClN2O5. The minimum atomic E-state index is -0.828. The molecule has 2 rings (SSSR count). The number of carbonyl (C=O) groups is 1. The second kappa shape index (κ2) is 7.44. The van der Waals surface area contributed by atoms with Crippen molar-refractivity contribution in [2.45, 2.75) is 6.92 Å². The van der Waals surface area contributed by atoms with Crippen molar-refractivity contribution in [3.63, 3.8) is 0 Å². The van der Waals surface area contributed by atoms with E-state index in [-0.39, 0.29) is 39.9 Å². The Hall–Kier alpha value is -3.11. The minimum absolute atomic E-state index is 0.00734. The van der Waals surface area contributed by atoms with Crippen LogP contribution in [0.3, 0.4) is 0 Å². The largest absolute Gasteiger partial charge is 0.490 e. The van der Waals surface area contributed by atoms with Crippen molar-refractivity contribution >= 4 is 23.3 Å². The number of non-ortho nitro benzene ring substituents is 1. The molecule has 8 heteroatoms. The smallest absolute Gasteiger partial charge is 0.343 e. The van der Waals surface area contributed by atoms with E-state index in [2.05, 4.69) is 0 Å². The Kier molecular flexibility index (Phi) is 5.35. The predicted molar refractivity (Wildman–Crippen MR) is 85.4 cm³/mol. The fourth-order valence-corrected chi connectivity index (χ4v) is 2.14. The molecule has 0 aliphatic rings. The molecule has 7 nitrogen and oxygen atoms in total. The number of nitrogens with zero attached hydrogens (tertiary/aromatic N) is 2. The van der Waals surface area contributed by atoms with Crippen LogP contribution in [-0.4, -0.2) is 17.5 Å². The summed E-state index contributed by atoms with van der Waals surface area (Å²) in [5.41, 5.74) is 0.00563. The van der Waals surface area contributed by atoms with Gasteiger partial charge in [0.2, 0.25) is 0 Å². The molecule has 0 bridgehead atoms.